The molecule has 65 heavy (non-hydrogen) atoms. The van der Waals surface area contributed by atoms with Crippen molar-refractivity contribution in [2.75, 3.05) is 45.6 Å². The normalized spacial score (nSPS) is 16.9. The van der Waals surface area contributed by atoms with Crippen LogP contribution in [-0.2, 0) is 31.0 Å². The maximum Gasteiger partial charge on any atom is 0.326 e. The number of phenolic OH excluding ortho intramolecular Hbond substituents is 1. The van der Waals surface area contributed by atoms with Gasteiger partial charge in [-0.15, -0.1) is 0 Å². The van der Waals surface area contributed by atoms with Gasteiger partial charge in [-0.2, -0.15) is 0 Å². The molecule has 0 unspecified atom stereocenters. The summed E-state index contributed by atoms with van der Waals surface area (Å²) in [6.07, 6.45) is -0.925. The molecule has 4 atom stereocenters. The number of rotatable bonds is 14. The predicted molar refractivity (Wildman–Crippen MR) is 237 cm³/mol. The van der Waals surface area contributed by atoms with Gasteiger partial charge in [0.2, 0.25) is 17.7 Å². The molecule has 5 rings (SSSR count). The summed E-state index contributed by atoms with van der Waals surface area (Å²) >= 11 is 0. The number of hydrogen-bond donors (Lipinski definition) is 9. The number of aliphatic hydroxyl groups excluding tert-OH is 1. The van der Waals surface area contributed by atoms with Crippen molar-refractivity contribution in [3.63, 3.8) is 0 Å². The highest BCUT2D eigenvalue weighted by Crippen LogP contribution is 2.45. The number of halogens is 1. The molecular weight excluding hydrogens is 846 g/mol. The highest BCUT2D eigenvalue weighted by molar-refractivity contribution is 6.02. The molecular formula is C45H56FN9O10. The zero-order chi connectivity index (χ0) is 47.9. The summed E-state index contributed by atoms with van der Waals surface area (Å²) in [7, 11) is 1.26. The second-order valence-electron chi connectivity index (χ2n) is 16.7. The zero-order valence-corrected chi connectivity index (χ0v) is 37.0. The van der Waals surface area contributed by atoms with Crippen molar-refractivity contribution in [2.45, 2.75) is 77.1 Å². The number of carbonyl (C=O) groups is 5. The van der Waals surface area contributed by atoms with Gasteiger partial charge in [0.1, 0.15) is 53.8 Å². The van der Waals surface area contributed by atoms with Gasteiger partial charge < -0.3 is 62.8 Å². The van der Waals surface area contributed by atoms with Crippen LogP contribution in [0.5, 0.6) is 17.2 Å². The largest absolute Gasteiger partial charge is 0.504 e. The number of phenols is 1. The number of aromatic nitrogens is 2. The summed E-state index contributed by atoms with van der Waals surface area (Å²) in [4.78, 5) is 77.4. The quantitative estimate of drug-likeness (QED) is 0.0816. The molecule has 1 aliphatic heterocycles. The zero-order valence-electron chi connectivity index (χ0n) is 37.0. The first-order valence-corrected chi connectivity index (χ1v) is 20.8. The van der Waals surface area contributed by atoms with E-state index in [0.29, 0.717) is 18.5 Å². The number of nitrogens with one attached hydrogen (secondary N) is 3. The van der Waals surface area contributed by atoms with Crippen LogP contribution in [0.25, 0.3) is 22.5 Å². The number of aryl methyl sites for hydroxylation is 1. The average Bonchev–Trinajstić information content (AvgIpc) is 3.24. The number of nitrogen functional groups attached to an aromatic ring is 1. The van der Waals surface area contributed by atoms with E-state index in [9.17, 15) is 39.3 Å². The molecule has 4 aromatic rings. The van der Waals surface area contributed by atoms with Gasteiger partial charge in [-0.05, 0) is 85.3 Å². The summed E-state index contributed by atoms with van der Waals surface area (Å²) in [6, 6.07) is 7.63. The highest BCUT2D eigenvalue weighted by Gasteiger charge is 2.35. The fourth-order valence-corrected chi connectivity index (χ4v) is 6.98. The number of carbonyl (C=O) groups excluding carboxylic acids is 4. The number of anilines is 1. The van der Waals surface area contributed by atoms with Gasteiger partial charge in [0.05, 0.1) is 24.4 Å². The fourth-order valence-electron chi connectivity index (χ4n) is 6.98. The fraction of sp³-hybridized carbons (Fsp3) is 0.400. The molecule has 0 radical (unpaired) electrons. The van der Waals surface area contributed by atoms with E-state index < -0.39 is 78.5 Å². The Bertz CT molecular complexity index is 2440. The lowest BCUT2D eigenvalue weighted by molar-refractivity contribution is -0.142. The van der Waals surface area contributed by atoms with E-state index >= 15 is 4.39 Å². The first kappa shape index (κ1) is 49.1. The second-order valence-corrected chi connectivity index (χ2v) is 16.7. The minimum Gasteiger partial charge on any atom is -0.504 e. The third-order valence-corrected chi connectivity index (χ3v) is 10.7. The molecule has 1 aromatic heterocycles. The van der Waals surface area contributed by atoms with E-state index in [0.717, 1.165) is 10.5 Å². The Labute approximate surface area is 374 Å². The molecule has 348 valence electrons. The topological polar surface area (TPSA) is 308 Å². The Morgan fingerprint density at radius 1 is 0.985 bits per heavy atom. The number of amides is 4. The van der Waals surface area contributed by atoms with Crippen LogP contribution in [-0.4, -0.2) is 118 Å². The van der Waals surface area contributed by atoms with Crippen molar-refractivity contribution in [3.05, 3.63) is 82.3 Å². The van der Waals surface area contributed by atoms with Gasteiger partial charge in [0.25, 0.3) is 5.91 Å². The molecule has 4 amide bonds. The van der Waals surface area contributed by atoms with Gasteiger partial charge >= 0.3 is 5.97 Å². The van der Waals surface area contributed by atoms with E-state index in [1.165, 1.54) is 45.2 Å². The number of benzene rings is 3. The maximum atomic E-state index is 15.3. The van der Waals surface area contributed by atoms with E-state index in [1.54, 1.807) is 24.3 Å². The Balaban J connectivity index is 1.55. The molecule has 2 heterocycles. The molecule has 12 N–H and O–H groups in total. The molecule has 0 spiro atoms. The SMILES string of the molecule is Cc1nc(-c2ccc(C(C)(C)C)cc2F)nc(N)c1C(=O)NCC(=O)N(C)[C@@H]1C(=O)N[C@@H](C)C(=O)N[C@H](C(=O)O)Cc2ccc(OCCCN)c(c2)-c2cc1cc(OC[C@H](O)CN)c2O. The number of likely N-dealkylation sites (N-methyl/N-ethyl adjacent to an activating group) is 1. The number of hydrogen-bond acceptors (Lipinski definition) is 14. The van der Waals surface area contributed by atoms with Crippen molar-refractivity contribution in [3.8, 4) is 39.8 Å². The van der Waals surface area contributed by atoms with Crippen LogP contribution in [0.15, 0.2) is 48.5 Å². The molecule has 3 aromatic carbocycles. The third kappa shape index (κ3) is 11.6. The average molecular weight is 902 g/mol. The molecule has 1 aliphatic rings. The van der Waals surface area contributed by atoms with Gasteiger partial charge in [-0.1, -0.05) is 32.9 Å². The number of fused-ring (bicyclic) bond motifs is 5. The Kier molecular flexibility index (Phi) is 15.7. The minimum absolute atomic E-state index is 0.0248. The van der Waals surface area contributed by atoms with Gasteiger partial charge in [0, 0.05) is 31.1 Å². The third-order valence-electron chi connectivity index (χ3n) is 10.7. The lowest BCUT2D eigenvalue weighted by Crippen LogP contribution is -2.53. The smallest absolute Gasteiger partial charge is 0.326 e. The summed E-state index contributed by atoms with van der Waals surface area (Å²) in [5, 5.41) is 39.6. The Morgan fingerprint density at radius 2 is 1.71 bits per heavy atom. The summed E-state index contributed by atoms with van der Waals surface area (Å²) < 4.78 is 27.1. The lowest BCUT2D eigenvalue weighted by atomic mass is 9.86. The molecule has 0 saturated carbocycles. The lowest BCUT2D eigenvalue weighted by Gasteiger charge is -2.30. The Morgan fingerprint density at radius 3 is 2.34 bits per heavy atom. The van der Waals surface area contributed by atoms with Crippen molar-refractivity contribution in [1.82, 2.24) is 30.8 Å². The summed E-state index contributed by atoms with van der Waals surface area (Å²) in [6.45, 7) is 7.77. The van der Waals surface area contributed by atoms with Crippen LogP contribution in [0, 0.1) is 12.7 Å². The standard InChI is InChI=1S/C45H56FN9O10/c1-22-36(39(49)54-40(51-22)28-10-9-26(18-31(28)46)45(3,4)5)42(60)50-20-35(57)55(6)37-25-16-30(38(58)34(17-25)65-21-27(56)19-48)29-14-24(8-11-33(29)64-13-7-12-47)15-32(44(62)63)53-41(59)23(2)52-43(37)61/h8-11,14,16-18,23,27,32,37,56,58H,7,12-13,15,19-21,47-48H2,1-6H3,(H,50,60)(H,52,61)(H,53,59)(H,62,63)(H2,49,51,54)/t23-,27+,32-,37-/m0/s1. The Hall–Kier alpha value is -6.90. The second kappa shape index (κ2) is 20.7. The first-order chi connectivity index (χ1) is 30.6. The maximum absolute atomic E-state index is 15.3. The van der Waals surface area contributed by atoms with Crippen molar-refractivity contribution in [2.24, 2.45) is 11.5 Å². The number of nitrogens with two attached hydrogens (primary N) is 3. The van der Waals surface area contributed by atoms with Crippen LogP contribution in [0.2, 0.25) is 0 Å². The van der Waals surface area contributed by atoms with Gasteiger partial charge in [-0.3, -0.25) is 19.2 Å². The number of nitrogens with zero attached hydrogens (tertiary/aromatic N) is 3. The molecule has 0 saturated heterocycles. The van der Waals surface area contributed by atoms with Crippen molar-refractivity contribution < 1.29 is 53.2 Å². The minimum atomic E-state index is -1.62. The van der Waals surface area contributed by atoms with Crippen molar-refractivity contribution >= 4 is 35.4 Å². The number of carboxylic acid groups (broad SMARTS) is 1. The van der Waals surface area contributed by atoms with E-state index in [2.05, 4.69) is 25.9 Å². The number of aliphatic hydroxyl groups is 1. The van der Waals surface area contributed by atoms with Crippen LogP contribution in [0.4, 0.5) is 10.2 Å². The monoisotopic (exact) mass is 901 g/mol. The van der Waals surface area contributed by atoms with Crippen LogP contribution in [0.3, 0.4) is 0 Å². The summed E-state index contributed by atoms with van der Waals surface area (Å²) in [5.74, 6) is -6.22. The molecule has 0 aliphatic carbocycles. The van der Waals surface area contributed by atoms with Crippen molar-refractivity contribution in [1.29, 1.82) is 0 Å². The van der Waals surface area contributed by atoms with Crippen LogP contribution in [0.1, 0.15) is 72.9 Å². The molecule has 20 heteroatoms. The van der Waals surface area contributed by atoms with Crippen LogP contribution >= 0.6 is 0 Å². The van der Waals surface area contributed by atoms with Crippen LogP contribution < -0.4 is 42.6 Å². The highest BCUT2D eigenvalue weighted by atomic mass is 19.1. The van der Waals surface area contributed by atoms with E-state index in [-0.39, 0.29) is 81.6 Å². The van der Waals surface area contributed by atoms with Gasteiger partial charge in [0.15, 0.2) is 17.3 Å². The molecule has 4 bridgehead atoms. The molecule has 19 nitrogen and oxygen atoms in total. The van der Waals surface area contributed by atoms with E-state index in [1.807, 2.05) is 20.8 Å². The van der Waals surface area contributed by atoms with E-state index in [4.69, 9.17) is 26.7 Å². The summed E-state index contributed by atoms with van der Waals surface area (Å²) in [5.41, 5.74) is 18.6. The number of ether oxygens (including phenoxy) is 2. The number of aromatic hydroxyl groups is 1. The van der Waals surface area contributed by atoms with Gasteiger partial charge in [-0.25, -0.2) is 19.2 Å². The first-order valence-electron chi connectivity index (χ1n) is 20.8. The number of aliphatic carboxylic acids is 1. The molecule has 0 fully saturated rings. The predicted octanol–water partition coefficient (Wildman–Crippen LogP) is 1.83. The number of carboxylic acids is 1.